The van der Waals surface area contributed by atoms with Crippen LogP contribution in [0.5, 0.6) is 5.75 Å². The van der Waals surface area contributed by atoms with Crippen LogP contribution in [0.2, 0.25) is 5.02 Å². The predicted molar refractivity (Wildman–Crippen MR) is 82.4 cm³/mol. The molecule has 1 aromatic carbocycles. The van der Waals surface area contributed by atoms with Crippen LogP contribution in [0, 0.1) is 0 Å². The fourth-order valence-corrected chi connectivity index (χ4v) is 4.60. The van der Waals surface area contributed by atoms with Gasteiger partial charge in [-0.2, -0.15) is 11.8 Å². The molecule has 1 saturated heterocycles. The van der Waals surface area contributed by atoms with E-state index in [-0.39, 0.29) is 6.04 Å². The Morgan fingerprint density at radius 2 is 2.32 bits per heavy atom. The van der Waals surface area contributed by atoms with E-state index in [4.69, 9.17) is 22.1 Å². The summed E-state index contributed by atoms with van der Waals surface area (Å²) in [6.07, 6.45) is 5.74. The Morgan fingerprint density at radius 3 is 3.11 bits per heavy atom. The Hall–Kier alpha value is -0.380. The van der Waals surface area contributed by atoms with Gasteiger partial charge in [-0.25, -0.2) is 0 Å². The van der Waals surface area contributed by atoms with Gasteiger partial charge in [0.1, 0.15) is 5.75 Å². The number of rotatable bonds is 3. The molecule has 0 spiro atoms. The van der Waals surface area contributed by atoms with Crippen LogP contribution in [0.15, 0.2) is 12.1 Å². The van der Waals surface area contributed by atoms with E-state index in [0.717, 1.165) is 30.2 Å². The van der Waals surface area contributed by atoms with Gasteiger partial charge < -0.3 is 10.5 Å². The normalized spacial score (nSPS) is 23.8. The predicted octanol–water partition coefficient (Wildman–Crippen LogP) is 3.43. The molecule has 1 fully saturated rings. The van der Waals surface area contributed by atoms with E-state index in [1.54, 1.807) is 0 Å². The SMILES string of the molecule is NC(Cc1cc(Cl)cc2c1OCC2)C1CCCCS1. The summed E-state index contributed by atoms with van der Waals surface area (Å²) in [7, 11) is 0. The van der Waals surface area contributed by atoms with Crippen molar-refractivity contribution in [3.8, 4) is 5.75 Å². The fourth-order valence-electron chi connectivity index (χ4n) is 2.99. The van der Waals surface area contributed by atoms with Gasteiger partial charge in [0.05, 0.1) is 6.61 Å². The molecule has 2 heterocycles. The average Bonchev–Trinajstić information content (AvgIpc) is 2.88. The summed E-state index contributed by atoms with van der Waals surface area (Å²) in [6, 6.07) is 4.25. The molecule has 0 bridgehead atoms. The topological polar surface area (TPSA) is 35.2 Å². The van der Waals surface area contributed by atoms with Gasteiger partial charge in [0.2, 0.25) is 0 Å². The quantitative estimate of drug-likeness (QED) is 0.928. The highest BCUT2D eigenvalue weighted by Crippen LogP contribution is 2.35. The third kappa shape index (κ3) is 3.04. The number of nitrogens with two attached hydrogens (primary N) is 1. The molecule has 4 heteroatoms. The van der Waals surface area contributed by atoms with E-state index in [0.29, 0.717) is 5.25 Å². The van der Waals surface area contributed by atoms with Crippen LogP contribution in [0.25, 0.3) is 0 Å². The van der Waals surface area contributed by atoms with Crippen LogP contribution in [0.3, 0.4) is 0 Å². The van der Waals surface area contributed by atoms with Gasteiger partial charge in [-0.15, -0.1) is 0 Å². The third-order valence-electron chi connectivity index (χ3n) is 3.97. The van der Waals surface area contributed by atoms with Gasteiger partial charge in [0.15, 0.2) is 0 Å². The summed E-state index contributed by atoms with van der Waals surface area (Å²) < 4.78 is 5.75. The van der Waals surface area contributed by atoms with Gasteiger partial charge in [0.25, 0.3) is 0 Å². The number of halogens is 1. The van der Waals surface area contributed by atoms with Crippen molar-refractivity contribution in [2.75, 3.05) is 12.4 Å². The van der Waals surface area contributed by atoms with Crippen molar-refractivity contribution in [1.82, 2.24) is 0 Å². The molecule has 3 rings (SSSR count). The van der Waals surface area contributed by atoms with Crippen molar-refractivity contribution in [2.24, 2.45) is 5.73 Å². The van der Waals surface area contributed by atoms with Crippen molar-refractivity contribution in [2.45, 2.75) is 43.4 Å². The molecule has 19 heavy (non-hydrogen) atoms. The molecule has 2 unspecified atom stereocenters. The molecule has 0 radical (unpaired) electrons. The molecule has 2 atom stereocenters. The first-order chi connectivity index (χ1) is 9.24. The zero-order valence-corrected chi connectivity index (χ0v) is 12.6. The lowest BCUT2D eigenvalue weighted by Gasteiger charge is -2.27. The summed E-state index contributed by atoms with van der Waals surface area (Å²) in [5.41, 5.74) is 8.84. The molecule has 2 nitrogen and oxygen atoms in total. The second-order valence-corrected chi connectivity index (χ2v) is 7.21. The van der Waals surface area contributed by atoms with E-state index in [1.165, 1.54) is 36.1 Å². The first-order valence-electron chi connectivity index (χ1n) is 7.05. The minimum Gasteiger partial charge on any atom is -0.493 e. The summed E-state index contributed by atoms with van der Waals surface area (Å²) >= 11 is 8.23. The average molecular weight is 298 g/mol. The standard InChI is InChI=1S/C15H20ClNOS/c16-12-7-10-4-5-18-15(10)11(8-12)9-13(17)14-3-1-2-6-19-14/h7-8,13-14H,1-6,9,17H2. The summed E-state index contributed by atoms with van der Waals surface area (Å²) in [6.45, 7) is 0.774. The van der Waals surface area contributed by atoms with Crippen LogP contribution in [0.1, 0.15) is 30.4 Å². The molecule has 0 saturated carbocycles. The Morgan fingerprint density at radius 1 is 1.42 bits per heavy atom. The Labute approximate surface area is 124 Å². The van der Waals surface area contributed by atoms with Crippen molar-refractivity contribution >= 4 is 23.4 Å². The van der Waals surface area contributed by atoms with Gasteiger partial charge in [-0.3, -0.25) is 0 Å². The van der Waals surface area contributed by atoms with Gasteiger partial charge >= 0.3 is 0 Å². The van der Waals surface area contributed by atoms with E-state index >= 15 is 0 Å². The molecule has 0 amide bonds. The highest BCUT2D eigenvalue weighted by molar-refractivity contribution is 8.00. The smallest absolute Gasteiger partial charge is 0.125 e. The zero-order valence-electron chi connectivity index (χ0n) is 11.0. The molecule has 0 aliphatic carbocycles. The highest BCUT2D eigenvalue weighted by Gasteiger charge is 2.24. The lowest BCUT2D eigenvalue weighted by atomic mass is 9.98. The van der Waals surface area contributed by atoms with E-state index < -0.39 is 0 Å². The molecule has 1 aromatic rings. The Balaban J connectivity index is 1.75. The van der Waals surface area contributed by atoms with Crippen molar-refractivity contribution in [1.29, 1.82) is 0 Å². The number of benzene rings is 1. The molecular weight excluding hydrogens is 278 g/mol. The third-order valence-corrected chi connectivity index (χ3v) is 5.73. The van der Waals surface area contributed by atoms with E-state index in [9.17, 15) is 0 Å². The van der Waals surface area contributed by atoms with Crippen molar-refractivity contribution < 1.29 is 4.74 Å². The minimum absolute atomic E-state index is 0.206. The number of hydrogen-bond acceptors (Lipinski definition) is 3. The summed E-state index contributed by atoms with van der Waals surface area (Å²) in [4.78, 5) is 0. The molecular formula is C15H20ClNOS. The van der Waals surface area contributed by atoms with Crippen molar-refractivity contribution in [3.05, 3.63) is 28.3 Å². The van der Waals surface area contributed by atoms with Crippen LogP contribution in [0.4, 0.5) is 0 Å². The second-order valence-electron chi connectivity index (χ2n) is 5.42. The summed E-state index contributed by atoms with van der Waals surface area (Å²) in [5, 5.41) is 1.40. The Kier molecular flexibility index (Phi) is 4.25. The van der Waals surface area contributed by atoms with Gasteiger partial charge in [-0.1, -0.05) is 18.0 Å². The summed E-state index contributed by atoms with van der Waals surface area (Å²) in [5.74, 6) is 2.29. The molecule has 104 valence electrons. The number of ether oxygens (including phenoxy) is 1. The van der Waals surface area contributed by atoms with E-state index in [2.05, 4.69) is 0 Å². The maximum Gasteiger partial charge on any atom is 0.125 e. The molecule has 2 aliphatic rings. The van der Waals surface area contributed by atoms with Crippen LogP contribution < -0.4 is 10.5 Å². The largest absolute Gasteiger partial charge is 0.493 e. The molecule has 2 N–H and O–H groups in total. The highest BCUT2D eigenvalue weighted by atomic mass is 35.5. The molecule has 0 aromatic heterocycles. The van der Waals surface area contributed by atoms with E-state index in [1.807, 2.05) is 23.9 Å². The van der Waals surface area contributed by atoms with Crippen LogP contribution in [-0.2, 0) is 12.8 Å². The van der Waals surface area contributed by atoms with Crippen LogP contribution in [-0.4, -0.2) is 23.7 Å². The number of thioether (sulfide) groups is 1. The lowest BCUT2D eigenvalue weighted by molar-refractivity contribution is 0.352. The first kappa shape index (κ1) is 13.6. The minimum atomic E-state index is 0.206. The zero-order chi connectivity index (χ0) is 13.2. The lowest BCUT2D eigenvalue weighted by Crippen LogP contribution is -2.36. The van der Waals surface area contributed by atoms with Gasteiger partial charge in [-0.05, 0) is 48.3 Å². The fraction of sp³-hybridized carbons (Fsp3) is 0.600. The maximum absolute atomic E-state index is 6.41. The second kappa shape index (κ2) is 5.94. The van der Waals surface area contributed by atoms with Crippen LogP contribution >= 0.6 is 23.4 Å². The van der Waals surface area contributed by atoms with Crippen molar-refractivity contribution in [3.63, 3.8) is 0 Å². The first-order valence-corrected chi connectivity index (χ1v) is 8.48. The van der Waals surface area contributed by atoms with Gasteiger partial charge in [0, 0.05) is 22.7 Å². The Bertz CT molecular complexity index is 460. The monoisotopic (exact) mass is 297 g/mol. The molecule has 2 aliphatic heterocycles. The number of hydrogen-bond donors (Lipinski definition) is 1. The number of fused-ring (bicyclic) bond motifs is 1. The maximum atomic E-state index is 6.41.